The molecule has 1 saturated heterocycles. The second-order valence-electron chi connectivity index (χ2n) is 7.99. The molecule has 1 amide bonds. The number of ether oxygens (including phenoxy) is 2. The SMILES string of the molecule is CC#N.C[C@@H]1CN(CCOc2ccc([N+](=O)[O-])cc2C=O)CCN1C(=O)OC(C)(C)C. The second kappa shape index (κ2) is 11.9. The van der Waals surface area contributed by atoms with Crippen molar-refractivity contribution in [1.29, 1.82) is 5.26 Å². The molecule has 170 valence electrons. The van der Waals surface area contributed by atoms with Crippen LogP contribution in [0.2, 0.25) is 0 Å². The Kier molecular flexibility index (Phi) is 9.89. The van der Waals surface area contributed by atoms with Crippen molar-refractivity contribution in [2.75, 3.05) is 32.8 Å². The van der Waals surface area contributed by atoms with E-state index in [1.807, 2.05) is 27.7 Å². The molecule has 10 nitrogen and oxygen atoms in total. The third-order valence-corrected chi connectivity index (χ3v) is 4.34. The Bertz CT molecular complexity index is 815. The third-order valence-electron chi connectivity index (χ3n) is 4.34. The number of nitro benzene ring substituents is 1. The molecule has 1 aliphatic rings. The molecule has 0 bridgehead atoms. The molecule has 2 rings (SSSR count). The van der Waals surface area contributed by atoms with Crippen molar-refractivity contribution < 1.29 is 24.0 Å². The van der Waals surface area contributed by atoms with Crippen LogP contribution in [0.5, 0.6) is 5.75 Å². The van der Waals surface area contributed by atoms with E-state index >= 15 is 0 Å². The lowest BCUT2D eigenvalue weighted by molar-refractivity contribution is -0.384. The molecule has 1 aromatic carbocycles. The zero-order valence-electron chi connectivity index (χ0n) is 18.7. The van der Waals surface area contributed by atoms with E-state index in [2.05, 4.69) is 4.90 Å². The molecule has 0 spiro atoms. The van der Waals surface area contributed by atoms with Crippen molar-refractivity contribution in [2.24, 2.45) is 0 Å². The van der Waals surface area contributed by atoms with Gasteiger partial charge >= 0.3 is 6.09 Å². The van der Waals surface area contributed by atoms with Gasteiger partial charge in [-0.2, -0.15) is 5.26 Å². The fourth-order valence-electron chi connectivity index (χ4n) is 2.99. The summed E-state index contributed by atoms with van der Waals surface area (Å²) in [7, 11) is 0. The Labute approximate surface area is 182 Å². The highest BCUT2D eigenvalue weighted by Crippen LogP contribution is 2.23. The highest BCUT2D eigenvalue weighted by atomic mass is 16.6. The number of piperazine rings is 1. The zero-order chi connectivity index (χ0) is 23.6. The number of nitro groups is 1. The van der Waals surface area contributed by atoms with Crippen LogP contribution in [0.3, 0.4) is 0 Å². The lowest BCUT2D eigenvalue weighted by atomic mass is 10.2. The minimum Gasteiger partial charge on any atom is -0.491 e. The molecule has 0 saturated carbocycles. The largest absolute Gasteiger partial charge is 0.491 e. The number of benzene rings is 1. The van der Waals surface area contributed by atoms with Gasteiger partial charge in [-0.05, 0) is 33.8 Å². The van der Waals surface area contributed by atoms with E-state index in [0.717, 1.165) is 0 Å². The first-order valence-corrected chi connectivity index (χ1v) is 9.91. The summed E-state index contributed by atoms with van der Waals surface area (Å²) >= 11 is 0. The van der Waals surface area contributed by atoms with Crippen LogP contribution in [0.4, 0.5) is 10.5 Å². The van der Waals surface area contributed by atoms with Gasteiger partial charge in [0.25, 0.3) is 5.69 Å². The van der Waals surface area contributed by atoms with Crippen LogP contribution in [0.25, 0.3) is 0 Å². The minimum atomic E-state index is -0.553. The predicted molar refractivity (Wildman–Crippen MR) is 114 cm³/mol. The van der Waals surface area contributed by atoms with Crippen molar-refractivity contribution in [1.82, 2.24) is 9.80 Å². The number of nitrogens with zero attached hydrogens (tertiary/aromatic N) is 4. The van der Waals surface area contributed by atoms with Crippen molar-refractivity contribution >= 4 is 18.1 Å². The predicted octanol–water partition coefficient (Wildman–Crippen LogP) is 3.26. The molecule has 31 heavy (non-hydrogen) atoms. The molecular weight excluding hydrogens is 404 g/mol. The number of amides is 1. The summed E-state index contributed by atoms with van der Waals surface area (Å²) < 4.78 is 11.1. The van der Waals surface area contributed by atoms with Crippen LogP contribution in [-0.4, -0.2) is 71.5 Å². The van der Waals surface area contributed by atoms with Gasteiger partial charge in [-0.15, -0.1) is 0 Å². The van der Waals surface area contributed by atoms with Crippen LogP contribution in [0.15, 0.2) is 18.2 Å². The fourth-order valence-corrected chi connectivity index (χ4v) is 2.99. The van der Waals surface area contributed by atoms with E-state index in [-0.39, 0.29) is 23.4 Å². The van der Waals surface area contributed by atoms with E-state index in [4.69, 9.17) is 14.7 Å². The number of non-ortho nitro benzene ring substituents is 1. The molecule has 1 aliphatic heterocycles. The van der Waals surface area contributed by atoms with E-state index in [0.29, 0.717) is 44.8 Å². The summed E-state index contributed by atoms with van der Waals surface area (Å²) in [6, 6.07) is 5.70. The first kappa shape index (κ1) is 25.8. The van der Waals surface area contributed by atoms with Gasteiger partial charge in [0.1, 0.15) is 18.0 Å². The van der Waals surface area contributed by atoms with Crippen LogP contribution < -0.4 is 4.74 Å². The summed E-state index contributed by atoms with van der Waals surface area (Å²) in [5, 5.41) is 18.1. The number of hydrogen-bond donors (Lipinski definition) is 0. The van der Waals surface area contributed by atoms with Gasteiger partial charge in [-0.25, -0.2) is 4.79 Å². The van der Waals surface area contributed by atoms with Crippen molar-refractivity contribution in [3.8, 4) is 11.8 Å². The average molecular weight is 434 g/mol. The van der Waals surface area contributed by atoms with Gasteiger partial charge in [0.15, 0.2) is 6.29 Å². The normalized spacial score (nSPS) is 16.4. The highest BCUT2D eigenvalue weighted by Gasteiger charge is 2.30. The maximum atomic E-state index is 12.3. The summed E-state index contributed by atoms with van der Waals surface area (Å²) in [4.78, 5) is 37.5. The molecule has 0 aromatic heterocycles. The van der Waals surface area contributed by atoms with E-state index in [9.17, 15) is 19.7 Å². The lowest BCUT2D eigenvalue weighted by Gasteiger charge is -2.40. The zero-order valence-corrected chi connectivity index (χ0v) is 18.7. The Morgan fingerprint density at radius 1 is 1.39 bits per heavy atom. The maximum absolute atomic E-state index is 12.3. The monoisotopic (exact) mass is 434 g/mol. The molecule has 10 heteroatoms. The van der Waals surface area contributed by atoms with Gasteiger partial charge in [-0.3, -0.25) is 19.8 Å². The number of carbonyl (C=O) groups is 2. The molecule has 1 fully saturated rings. The van der Waals surface area contributed by atoms with Gasteiger partial charge in [0.05, 0.1) is 16.6 Å². The van der Waals surface area contributed by atoms with Crippen LogP contribution >= 0.6 is 0 Å². The van der Waals surface area contributed by atoms with Crippen molar-refractivity contribution in [3.63, 3.8) is 0 Å². The summed E-state index contributed by atoms with van der Waals surface area (Å²) in [5.74, 6) is 0.320. The van der Waals surface area contributed by atoms with Crippen molar-refractivity contribution in [2.45, 2.75) is 46.3 Å². The van der Waals surface area contributed by atoms with E-state index in [1.165, 1.54) is 25.1 Å². The van der Waals surface area contributed by atoms with Crippen LogP contribution in [0.1, 0.15) is 45.0 Å². The topological polar surface area (TPSA) is 126 Å². The number of aldehydes is 1. The summed E-state index contributed by atoms with van der Waals surface area (Å²) in [6.07, 6.45) is 0.238. The second-order valence-corrected chi connectivity index (χ2v) is 7.99. The molecular formula is C21H30N4O6. The maximum Gasteiger partial charge on any atom is 0.410 e. The number of nitriles is 1. The molecule has 1 aromatic rings. The number of rotatable bonds is 6. The standard InChI is InChI=1S/C19H27N3O6.C2H3N/c1-14-12-20(7-8-21(14)18(24)28-19(2,3)4)9-10-27-17-6-5-16(22(25)26)11-15(17)13-23;1-2-3/h5-6,11,13-14H,7-10,12H2,1-4H3;1H3/t14-;/m1./s1. The van der Waals surface area contributed by atoms with E-state index in [1.54, 1.807) is 11.0 Å². The highest BCUT2D eigenvalue weighted by molar-refractivity contribution is 5.80. The Morgan fingerprint density at radius 3 is 2.55 bits per heavy atom. The smallest absolute Gasteiger partial charge is 0.410 e. The van der Waals surface area contributed by atoms with Gasteiger partial charge < -0.3 is 14.4 Å². The van der Waals surface area contributed by atoms with Crippen LogP contribution in [-0.2, 0) is 4.74 Å². The Morgan fingerprint density at radius 2 is 2.03 bits per heavy atom. The molecule has 1 heterocycles. The third kappa shape index (κ3) is 8.60. The van der Waals surface area contributed by atoms with Gasteiger partial charge in [0, 0.05) is 51.3 Å². The number of hydrogen-bond acceptors (Lipinski definition) is 8. The number of carbonyl (C=O) groups excluding carboxylic acids is 2. The Hall–Kier alpha value is -3.19. The van der Waals surface area contributed by atoms with Crippen molar-refractivity contribution in [3.05, 3.63) is 33.9 Å². The quantitative estimate of drug-likeness (QED) is 0.379. The minimum absolute atomic E-state index is 0.00788. The lowest BCUT2D eigenvalue weighted by Crippen LogP contribution is -2.55. The van der Waals surface area contributed by atoms with E-state index < -0.39 is 10.5 Å². The molecule has 1 atom stereocenters. The summed E-state index contributed by atoms with van der Waals surface area (Å²) in [5.41, 5.74) is -0.526. The Balaban J connectivity index is 0.00000151. The molecule has 0 N–H and O–H groups in total. The van der Waals surface area contributed by atoms with Crippen LogP contribution in [0, 0.1) is 21.4 Å². The van der Waals surface area contributed by atoms with Gasteiger partial charge in [-0.1, -0.05) is 0 Å². The first-order chi connectivity index (χ1) is 14.5. The summed E-state index contributed by atoms with van der Waals surface area (Å²) in [6.45, 7) is 11.8. The molecule has 0 aliphatic carbocycles. The first-order valence-electron chi connectivity index (χ1n) is 9.91. The molecule has 0 radical (unpaired) electrons. The fraction of sp³-hybridized carbons (Fsp3) is 0.571. The van der Waals surface area contributed by atoms with Gasteiger partial charge in [0.2, 0.25) is 0 Å². The molecule has 0 unspecified atom stereocenters. The average Bonchev–Trinajstić information content (AvgIpc) is 2.67.